The second kappa shape index (κ2) is 4.98. The maximum Gasteiger partial charge on any atom is 0.174 e. The minimum Gasteiger partial charge on any atom is -0.367 e. The van der Waals surface area contributed by atoms with Crippen molar-refractivity contribution in [1.82, 2.24) is 9.97 Å². The molecule has 3 rings (SSSR count). The standard InChI is InChI=1S/C14H16N2O2S/c1-14(7-4-8-18-14)12(17)9-19-13-15-10-5-2-3-6-11(10)16-13/h2-3,5-6H,4,7-9H2,1H3,(H,15,16). The van der Waals surface area contributed by atoms with Crippen molar-refractivity contribution in [3.05, 3.63) is 24.3 Å². The Bertz CT molecular complexity index is 569. The Hall–Kier alpha value is -1.33. The van der Waals surface area contributed by atoms with Crippen molar-refractivity contribution in [3.63, 3.8) is 0 Å². The number of imidazole rings is 1. The van der Waals surface area contributed by atoms with Gasteiger partial charge in [0.1, 0.15) is 5.60 Å². The number of nitrogens with one attached hydrogen (secondary N) is 1. The third-order valence-corrected chi connectivity index (χ3v) is 4.39. The van der Waals surface area contributed by atoms with Crippen LogP contribution in [-0.2, 0) is 9.53 Å². The molecule has 0 amide bonds. The van der Waals surface area contributed by atoms with Gasteiger partial charge in [-0.2, -0.15) is 0 Å². The molecule has 100 valence electrons. The van der Waals surface area contributed by atoms with Crippen molar-refractivity contribution < 1.29 is 9.53 Å². The summed E-state index contributed by atoms with van der Waals surface area (Å²) in [7, 11) is 0. The van der Waals surface area contributed by atoms with Gasteiger partial charge >= 0.3 is 0 Å². The lowest BCUT2D eigenvalue weighted by Crippen LogP contribution is -2.35. The van der Waals surface area contributed by atoms with E-state index in [1.165, 1.54) is 11.8 Å². The van der Waals surface area contributed by atoms with Crippen LogP contribution in [0.3, 0.4) is 0 Å². The molecule has 1 aromatic carbocycles. The van der Waals surface area contributed by atoms with E-state index in [0.717, 1.165) is 29.0 Å². The summed E-state index contributed by atoms with van der Waals surface area (Å²) in [6.45, 7) is 2.58. The second-order valence-corrected chi connectivity index (χ2v) is 5.92. The van der Waals surface area contributed by atoms with Crippen LogP contribution < -0.4 is 0 Å². The Kier molecular flexibility index (Phi) is 3.33. The van der Waals surface area contributed by atoms with E-state index in [9.17, 15) is 4.79 Å². The monoisotopic (exact) mass is 276 g/mol. The molecule has 5 heteroatoms. The van der Waals surface area contributed by atoms with Gasteiger partial charge in [0.25, 0.3) is 0 Å². The summed E-state index contributed by atoms with van der Waals surface area (Å²) in [5.41, 5.74) is 1.35. The smallest absolute Gasteiger partial charge is 0.174 e. The lowest BCUT2D eigenvalue weighted by atomic mass is 9.99. The number of fused-ring (bicyclic) bond motifs is 1. The van der Waals surface area contributed by atoms with E-state index in [1.807, 2.05) is 31.2 Å². The van der Waals surface area contributed by atoms with Crippen LogP contribution in [0.4, 0.5) is 0 Å². The molecule has 1 atom stereocenters. The highest BCUT2D eigenvalue weighted by Gasteiger charge is 2.37. The Morgan fingerprint density at radius 1 is 1.53 bits per heavy atom. The summed E-state index contributed by atoms with van der Waals surface area (Å²) >= 11 is 1.44. The first kappa shape index (κ1) is 12.7. The number of Topliss-reactive ketones (excluding diaryl/α,β-unsaturated/α-hetero) is 1. The van der Waals surface area contributed by atoms with Gasteiger partial charge in [0.05, 0.1) is 16.8 Å². The van der Waals surface area contributed by atoms with Crippen LogP contribution in [0.1, 0.15) is 19.8 Å². The predicted molar refractivity (Wildman–Crippen MR) is 75.4 cm³/mol. The number of carbonyl (C=O) groups is 1. The fraction of sp³-hybridized carbons (Fsp3) is 0.429. The van der Waals surface area contributed by atoms with Gasteiger partial charge in [0, 0.05) is 6.61 Å². The first-order valence-corrected chi connectivity index (χ1v) is 7.41. The molecule has 1 N–H and O–H groups in total. The van der Waals surface area contributed by atoms with E-state index in [0.29, 0.717) is 12.4 Å². The van der Waals surface area contributed by atoms with Crippen molar-refractivity contribution in [2.24, 2.45) is 0 Å². The number of para-hydroxylation sites is 2. The van der Waals surface area contributed by atoms with Crippen LogP contribution in [0.5, 0.6) is 0 Å². The van der Waals surface area contributed by atoms with Gasteiger partial charge in [-0.3, -0.25) is 4.79 Å². The zero-order valence-corrected chi connectivity index (χ0v) is 11.6. The number of ketones is 1. The number of benzene rings is 1. The first-order chi connectivity index (χ1) is 9.17. The average Bonchev–Trinajstić information content (AvgIpc) is 3.02. The number of aromatic nitrogens is 2. The molecule has 1 aromatic heterocycles. The minimum atomic E-state index is -0.584. The highest BCUT2D eigenvalue weighted by molar-refractivity contribution is 7.99. The molecule has 1 aliphatic heterocycles. The zero-order chi connectivity index (χ0) is 13.3. The average molecular weight is 276 g/mol. The largest absolute Gasteiger partial charge is 0.367 e. The highest BCUT2D eigenvalue weighted by atomic mass is 32.2. The van der Waals surface area contributed by atoms with Crippen molar-refractivity contribution >= 4 is 28.6 Å². The normalized spacial score (nSPS) is 23.0. The van der Waals surface area contributed by atoms with Crippen LogP contribution in [0.15, 0.2) is 29.4 Å². The molecular weight excluding hydrogens is 260 g/mol. The molecule has 19 heavy (non-hydrogen) atoms. The third kappa shape index (κ3) is 2.53. The summed E-state index contributed by atoms with van der Waals surface area (Å²) in [4.78, 5) is 19.8. The van der Waals surface area contributed by atoms with Crippen LogP contribution >= 0.6 is 11.8 Å². The van der Waals surface area contributed by atoms with Gasteiger partial charge < -0.3 is 9.72 Å². The number of thioether (sulfide) groups is 1. The summed E-state index contributed by atoms with van der Waals surface area (Å²) in [6, 6.07) is 7.86. The van der Waals surface area contributed by atoms with Crippen LogP contribution in [0, 0.1) is 0 Å². The first-order valence-electron chi connectivity index (χ1n) is 6.42. The van der Waals surface area contributed by atoms with Gasteiger partial charge in [0.15, 0.2) is 10.9 Å². The Labute approximate surface area is 115 Å². The van der Waals surface area contributed by atoms with E-state index in [1.54, 1.807) is 0 Å². The van der Waals surface area contributed by atoms with Crippen molar-refractivity contribution in [2.45, 2.75) is 30.5 Å². The van der Waals surface area contributed by atoms with E-state index in [-0.39, 0.29) is 5.78 Å². The SMILES string of the molecule is CC1(C(=O)CSc2nc3ccccc3[nH]2)CCCO1. The Morgan fingerprint density at radius 2 is 2.37 bits per heavy atom. The molecule has 0 saturated carbocycles. The summed E-state index contributed by atoms with van der Waals surface area (Å²) in [6.07, 6.45) is 1.80. The van der Waals surface area contributed by atoms with Crippen LogP contribution in [0.2, 0.25) is 0 Å². The number of rotatable bonds is 4. The molecule has 1 unspecified atom stereocenters. The fourth-order valence-electron chi connectivity index (χ4n) is 2.28. The Morgan fingerprint density at radius 3 is 3.11 bits per heavy atom. The Balaban J connectivity index is 1.67. The maximum atomic E-state index is 12.2. The van der Waals surface area contributed by atoms with Gasteiger partial charge in [-0.15, -0.1) is 0 Å². The number of hydrogen-bond donors (Lipinski definition) is 1. The highest BCUT2D eigenvalue weighted by Crippen LogP contribution is 2.28. The van der Waals surface area contributed by atoms with Crippen molar-refractivity contribution in [2.75, 3.05) is 12.4 Å². The minimum absolute atomic E-state index is 0.149. The van der Waals surface area contributed by atoms with E-state index in [4.69, 9.17) is 4.74 Å². The molecule has 1 fully saturated rings. The van der Waals surface area contributed by atoms with Gasteiger partial charge in [-0.25, -0.2) is 4.98 Å². The molecule has 2 heterocycles. The molecule has 1 aliphatic rings. The maximum absolute atomic E-state index is 12.2. The lowest BCUT2D eigenvalue weighted by Gasteiger charge is -2.20. The summed E-state index contributed by atoms with van der Waals surface area (Å²) in [5, 5.41) is 0.788. The topological polar surface area (TPSA) is 55.0 Å². The second-order valence-electron chi connectivity index (χ2n) is 4.95. The summed E-state index contributed by atoms with van der Waals surface area (Å²) < 4.78 is 5.56. The summed E-state index contributed by atoms with van der Waals surface area (Å²) in [5.74, 6) is 0.548. The third-order valence-electron chi connectivity index (χ3n) is 3.52. The number of hydrogen-bond acceptors (Lipinski definition) is 4. The molecule has 1 saturated heterocycles. The number of carbonyl (C=O) groups excluding carboxylic acids is 1. The van der Waals surface area contributed by atoms with E-state index in [2.05, 4.69) is 9.97 Å². The number of ether oxygens (including phenoxy) is 1. The molecule has 2 aromatic rings. The van der Waals surface area contributed by atoms with E-state index >= 15 is 0 Å². The zero-order valence-electron chi connectivity index (χ0n) is 10.8. The molecule has 0 aliphatic carbocycles. The van der Waals surface area contributed by atoms with Crippen LogP contribution in [-0.4, -0.2) is 33.7 Å². The van der Waals surface area contributed by atoms with Crippen LogP contribution in [0.25, 0.3) is 11.0 Å². The molecular formula is C14H16N2O2S. The van der Waals surface area contributed by atoms with Gasteiger partial charge in [-0.05, 0) is 31.9 Å². The van der Waals surface area contributed by atoms with Crippen molar-refractivity contribution in [3.8, 4) is 0 Å². The van der Waals surface area contributed by atoms with E-state index < -0.39 is 5.60 Å². The fourth-order valence-corrected chi connectivity index (χ4v) is 3.20. The van der Waals surface area contributed by atoms with Gasteiger partial charge in [-0.1, -0.05) is 23.9 Å². The molecule has 0 spiro atoms. The molecule has 0 radical (unpaired) electrons. The number of aromatic amines is 1. The number of nitrogens with zero attached hydrogens (tertiary/aromatic N) is 1. The quantitative estimate of drug-likeness (QED) is 0.872. The molecule has 4 nitrogen and oxygen atoms in total. The van der Waals surface area contributed by atoms with Gasteiger partial charge in [0.2, 0.25) is 0 Å². The molecule has 0 bridgehead atoms. The number of H-pyrrole nitrogens is 1. The van der Waals surface area contributed by atoms with Crippen molar-refractivity contribution in [1.29, 1.82) is 0 Å². The predicted octanol–water partition coefficient (Wildman–Crippen LogP) is 2.79. The lowest BCUT2D eigenvalue weighted by molar-refractivity contribution is -0.134.